The van der Waals surface area contributed by atoms with Gasteiger partial charge >= 0.3 is 0 Å². The van der Waals surface area contributed by atoms with Gasteiger partial charge in [-0.2, -0.15) is 0 Å². The van der Waals surface area contributed by atoms with Gasteiger partial charge in [0.25, 0.3) is 5.91 Å². The van der Waals surface area contributed by atoms with Crippen molar-refractivity contribution in [1.82, 2.24) is 25.2 Å². The second-order valence-electron chi connectivity index (χ2n) is 6.53. The lowest BCUT2D eigenvalue weighted by atomic mass is 9.95. The third-order valence-corrected chi connectivity index (χ3v) is 6.11. The summed E-state index contributed by atoms with van der Waals surface area (Å²) in [5.74, 6) is -0.0752. The summed E-state index contributed by atoms with van der Waals surface area (Å²) in [6, 6.07) is 5.19. The van der Waals surface area contributed by atoms with Crippen LogP contribution in [-0.2, 0) is 0 Å². The van der Waals surface area contributed by atoms with Gasteiger partial charge in [-0.05, 0) is 31.4 Å². The van der Waals surface area contributed by atoms with Gasteiger partial charge in [0.2, 0.25) is 0 Å². The maximum Gasteiger partial charge on any atom is 0.270 e. The first-order valence-electron chi connectivity index (χ1n) is 8.21. The molecular weight excluding hydrogens is 322 g/mol. The van der Waals surface area contributed by atoms with Gasteiger partial charge < -0.3 is 10.6 Å². The van der Waals surface area contributed by atoms with Crippen LogP contribution in [0.25, 0.3) is 15.1 Å². The second-order valence-corrected chi connectivity index (χ2v) is 7.59. The van der Waals surface area contributed by atoms with Gasteiger partial charge in [-0.3, -0.25) is 14.3 Å². The molecule has 2 aliphatic heterocycles. The zero-order valence-corrected chi connectivity index (χ0v) is 13.8. The van der Waals surface area contributed by atoms with Crippen LogP contribution in [0.2, 0.25) is 0 Å². The molecule has 0 spiro atoms. The Hall–Kier alpha value is -2.25. The highest BCUT2D eigenvalue weighted by Crippen LogP contribution is 2.30. The number of imidazole rings is 1. The summed E-state index contributed by atoms with van der Waals surface area (Å²) in [5, 5.41) is 8.80. The first-order chi connectivity index (χ1) is 11.8. The number of pyridine rings is 1. The molecule has 0 radical (unpaired) electrons. The van der Waals surface area contributed by atoms with Gasteiger partial charge in [0.15, 0.2) is 0 Å². The molecule has 3 aromatic rings. The predicted octanol–water partition coefficient (Wildman–Crippen LogP) is 2.10. The van der Waals surface area contributed by atoms with Crippen molar-refractivity contribution in [3.8, 4) is 5.00 Å². The third-order valence-electron chi connectivity index (χ3n) is 5.00. The molecule has 0 saturated carbocycles. The summed E-state index contributed by atoms with van der Waals surface area (Å²) < 4.78 is 3.02. The van der Waals surface area contributed by atoms with E-state index in [-0.39, 0.29) is 11.9 Å². The highest BCUT2D eigenvalue weighted by molar-refractivity contribution is 7.21. The molecule has 1 amide bonds. The van der Waals surface area contributed by atoms with Crippen LogP contribution in [0.3, 0.4) is 0 Å². The Bertz CT molecular complexity index is 903. The molecule has 3 aromatic heterocycles. The van der Waals surface area contributed by atoms with Crippen LogP contribution >= 0.6 is 11.3 Å². The summed E-state index contributed by atoms with van der Waals surface area (Å²) in [6.45, 7) is 0. The van der Waals surface area contributed by atoms with Crippen molar-refractivity contribution < 1.29 is 4.79 Å². The highest BCUT2D eigenvalue weighted by atomic mass is 32.1. The van der Waals surface area contributed by atoms with Crippen LogP contribution < -0.4 is 10.6 Å². The largest absolute Gasteiger partial charge is 0.346 e. The van der Waals surface area contributed by atoms with Crippen molar-refractivity contribution in [3.05, 3.63) is 42.7 Å². The molecule has 2 N–H and O–H groups in total. The molecule has 7 heteroatoms. The van der Waals surface area contributed by atoms with E-state index in [1.165, 1.54) is 6.42 Å². The number of rotatable bonds is 3. The number of nitrogens with zero attached hydrogens (tertiary/aromatic N) is 3. The Morgan fingerprint density at radius 2 is 2.33 bits per heavy atom. The molecule has 6 nitrogen and oxygen atoms in total. The zero-order valence-electron chi connectivity index (χ0n) is 13.0. The zero-order chi connectivity index (χ0) is 16.1. The normalized spacial score (nSPS) is 25.4. The molecular formula is C17H17N5OS. The Morgan fingerprint density at radius 1 is 1.38 bits per heavy atom. The van der Waals surface area contributed by atoms with E-state index in [2.05, 4.69) is 26.7 Å². The van der Waals surface area contributed by atoms with Gasteiger partial charge in [0, 0.05) is 46.8 Å². The van der Waals surface area contributed by atoms with Crippen LogP contribution in [0.15, 0.2) is 37.1 Å². The molecule has 5 rings (SSSR count). The maximum atomic E-state index is 12.5. The van der Waals surface area contributed by atoms with Crippen LogP contribution in [-0.4, -0.2) is 38.6 Å². The van der Waals surface area contributed by atoms with E-state index in [1.54, 1.807) is 30.1 Å². The molecule has 2 saturated heterocycles. The number of fused-ring (bicyclic) bond motifs is 3. The lowest BCUT2D eigenvalue weighted by Gasteiger charge is -2.21. The molecule has 0 unspecified atom stereocenters. The average molecular weight is 339 g/mol. The molecule has 3 atom stereocenters. The topological polar surface area (TPSA) is 71.8 Å². The second kappa shape index (κ2) is 5.39. The van der Waals surface area contributed by atoms with Crippen LogP contribution in [0.5, 0.6) is 0 Å². The summed E-state index contributed by atoms with van der Waals surface area (Å²) >= 11 is 1.63. The number of hydrogen-bond acceptors (Lipinski definition) is 5. The molecule has 5 heterocycles. The summed E-state index contributed by atoms with van der Waals surface area (Å²) in [7, 11) is 0. The van der Waals surface area contributed by atoms with Crippen molar-refractivity contribution in [2.45, 2.75) is 37.4 Å². The van der Waals surface area contributed by atoms with Gasteiger partial charge in [0.05, 0.1) is 6.33 Å². The number of thiophene rings is 1. The van der Waals surface area contributed by atoms with E-state index in [1.807, 2.05) is 16.8 Å². The third kappa shape index (κ3) is 2.32. The van der Waals surface area contributed by atoms with E-state index in [9.17, 15) is 4.79 Å². The monoisotopic (exact) mass is 339 g/mol. The van der Waals surface area contributed by atoms with Gasteiger partial charge in [-0.1, -0.05) is 0 Å². The Labute approximate surface area is 142 Å². The molecule has 24 heavy (non-hydrogen) atoms. The lowest BCUT2D eigenvalue weighted by Crippen LogP contribution is -2.43. The first kappa shape index (κ1) is 14.1. The molecule has 122 valence electrons. The molecule has 2 bridgehead atoms. The SMILES string of the molecule is O=C(N[C@@H]1C[C@H]2CC[C@@H]1N2)c1cc2sc(-n3ccnc3)cc2cn1. The van der Waals surface area contributed by atoms with Crippen molar-refractivity contribution in [3.63, 3.8) is 0 Å². The van der Waals surface area contributed by atoms with Crippen LogP contribution in [0.4, 0.5) is 0 Å². The number of amides is 1. The summed E-state index contributed by atoms with van der Waals surface area (Å²) in [5.41, 5.74) is 0.490. The van der Waals surface area contributed by atoms with E-state index in [4.69, 9.17) is 0 Å². The molecule has 2 aliphatic rings. The molecule has 0 aliphatic carbocycles. The van der Waals surface area contributed by atoms with Gasteiger partial charge in [-0.15, -0.1) is 11.3 Å². The minimum Gasteiger partial charge on any atom is -0.346 e. The Balaban J connectivity index is 1.39. The van der Waals surface area contributed by atoms with E-state index >= 15 is 0 Å². The molecule has 0 aromatic carbocycles. The average Bonchev–Trinajstić information content (AvgIpc) is 3.35. The lowest BCUT2D eigenvalue weighted by molar-refractivity contribution is 0.0926. The number of carbonyl (C=O) groups is 1. The van der Waals surface area contributed by atoms with Crippen molar-refractivity contribution in [1.29, 1.82) is 0 Å². The van der Waals surface area contributed by atoms with Crippen LogP contribution in [0.1, 0.15) is 29.8 Å². The Morgan fingerprint density at radius 3 is 3.08 bits per heavy atom. The summed E-state index contributed by atoms with van der Waals surface area (Å²) in [6.07, 6.45) is 10.6. The van der Waals surface area contributed by atoms with Crippen LogP contribution in [0, 0.1) is 0 Å². The Kier molecular flexibility index (Phi) is 3.17. The number of aromatic nitrogens is 3. The van der Waals surface area contributed by atoms with Crippen molar-refractivity contribution in [2.24, 2.45) is 0 Å². The standard InChI is InChI=1S/C17H17N5OS/c23-17(21-13-6-11-1-2-12(13)20-11)14-7-15-10(8-19-14)5-16(24-15)22-4-3-18-9-22/h3-5,7-9,11-13,20H,1-2,6H2,(H,21,23)/t11-,12+,13-/m1/s1. The predicted molar refractivity (Wildman–Crippen MR) is 92.6 cm³/mol. The first-order valence-corrected chi connectivity index (χ1v) is 9.03. The highest BCUT2D eigenvalue weighted by Gasteiger charge is 2.39. The fourth-order valence-electron chi connectivity index (χ4n) is 3.79. The summed E-state index contributed by atoms with van der Waals surface area (Å²) in [4.78, 5) is 21.0. The van der Waals surface area contributed by atoms with E-state index in [0.717, 1.165) is 27.9 Å². The van der Waals surface area contributed by atoms with E-state index in [0.29, 0.717) is 17.8 Å². The van der Waals surface area contributed by atoms with E-state index < -0.39 is 0 Å². The fourth-order valence-corrected chi connectivity index (χ4v) is 4.81. The number of nitrogens with one attached hydrogen (secondary N) is 2. The van der Waals surface area contributed by atoms with Gasteiger partial charge in [0.1, 0.15) is 10.7 Å². The van der Waals surface area contributed by atoms with Crippen molar-refractivity contribution in [2.75, 3.05) is 0 Å². The van der Waals surface area contributed by atoms with Crippen molar-refractivity contribution >= 4 is 27.3 Å². The number of hydrogen-bond donors (Lipinski definition) is 2. The quantitative estimate of drug-likeness (QED) is 0.767. The maximum absolute atomic E-state index is 12.5. The minimum absolute atomic E-state index is 0.0752. The van der Waals surface area contributed by atoms with Gasteiger partial charge in [-0.25, -0.2) is 4.98 Å². The fraction of sp³-hybridized carbons (Fsp3) is 0.353. The number of carbonyl (C=O) groups excluding carboxylic acids is 1. The smallest absolute Gasteiger partial charge is 0.270 e. The minimum atomic E-state index is -0.0752. The molecule has 2 fully saturated rings.